The van der Waals surface area contributed by atoms with Crippen LogP contribution in [0.15, 0.2) is 24.3 Å². The third kappa shape index (κ3) is 4.74. The van der Waals surface area contributed by atoms with E-state index in [2.05, 4.69) is 0 Å². The summed E-state index contributed by atoms with van der Waals surface area (Å²) in [5, 5.41) is 0. The number of halogens is 2. The molecule has 0 aromatic heterocycles. The van der Waals surface area contributed by atoms with Crippen molar-refractivity contribution in [2.24, 2.45) is 11.7 Å². The van der Waals surface area contributed by atoms with Gasteiger partial charge < -0.3 is 10.6 Å². The minimum atomic E-state index is -0.683. The van der Waals surface area contributed by atoms with Crippen LogP contribution in [0, 0.1) is 18.2 Å². The van der Waals surface area contributed by atoms with E-state index in [0.717, 1.165) is 5.56 Å². The van der Waals surface area contributed by atoms with Crippen LogP contribution in [0.25, 0.3) is 0 Å². The molecule has 1 aromatic rings. The summed E-state index contributed by atoms with van der Waals surface area (Å²) in [6.45, 7) is -0.0299. The van der Waals surface area contributed by atoms with Gasteiger partial charge in [0.15, 0.2) is 0 Å². The van der Waals surface area contributed by atoms with Crippen LogP contribution in [0.3, 0.4) is 0 Å². The monoisotopic (exact) mass is 323 g/mol. The molecule has 0 spiro atoms. The zero-order valence-electron chi connectivity index (χ0n) is 12.9. The van der Waals surface area contributed by atoms with Crippen LogP contribution in [0.1, 0.15) is 24.8 Å². The number of rotatable bonds is 6. The summed E-state index contributed by atoms with van der Waals surface area (Å²) < 4.78 is 25.3. The first kappa shape index (κ1) is 17.4. The molecule has 125 valence electrons. The number of hydrogen-bond acceptors (Lipinski definition) is 2. The standard InChI is InChI=1S/C17H21F2N2O2/c18-9-7-13-8-10-21(15(11-13)17(20)23)16(22)6-3-12-1-4-14(19)5-2-12/h1-2,4-6,13,15H,3,7-11H2,(H2,20,23). The summed E-state index contributed by atoms with van der Waals surface area (Å²) in [7, 11) is 0. The Hall–Kier alpha value is -1.98. The van der Waals surface area contributed by atoms with Gasteiger partial charge in [0, 0.05) is 6.54 Å². The Morgan fingerprint density at radius 3 is 2.61 bits per heavy atom. The van der Waals surface area contributed by atoms with Gasteiger partial charge in [-0.25, -0.2) is 4.39 Å². The van der Waals surface area contributed by atoms with E-state index in [0.29, 0.717) is 32.2 Å². The van der Waals surface area contributed by atoms with Gasteiger partial charge in [-0.3, -0.25) is 14.0 Å². The maximum Gasteiger partial charge on any atom is 0.240 e. The maximum absolute atomic E-state index is 12.9. The van der Waals surface area contributed by atoms with Crippen LogP contribution in [0.2, 0.25) is 0 Å². The van der Waals surface area contributed by atoms with Gasteiger partial charge in [-0.2, -0.15) is 0 Å². The number of nitrogens with zero attached hydrogens (tertiary/aromatic N) is 1. The summed E-state index contributed by atoms with van der Waals surface area (Å²) in [6.07, 6.45) is 3.30. The smallest absolute Gasteiger partial charge is 0.240 e. The van der Waals surface area contributed by atoms with Crippen LogP contribution >= 0.6 is 0 Å². The lowest BCUT2D eigenvalue weighted by atomic mass is 9.88. The van der Waals surface area contributed by atoms with E-state index in [1.807, 2.05) is 0 Å². The third-order valence-electron chi connectivity index (χ3n) is 4.27. The number of hydrogen-bond donors (Lipinski definition) is 1. The molecule has 2 N–H and O–H groups in total. The molecule has 2 unspecified atom stereocenters. The molecule has 4 nitrogen and oxygen atoms in total. The molecule has 1 saturated heterocycles. The molecule has 0 saturated carbocycles. The lowest BCUT2D eigenvalue weighted by Crippen LogP contribution is -2.52. The first-order chi connectivity index (χ1) is 11.0. The molecule has 6 heteroatoms. The minimum Gasteiger partial charge on any atom is -0.368 e. The average molecular weight is 323 g/mol. The fourth-order valence-corrected chi connectivity index (χ4v) is 2.93. The van der Waals surface area contributed by atoms with E-state index < -0.39 is 18.6 Å². The predicted molar refractivity (Wildman–Crippen MR) is 82.4 cm³/mol. The summed E-state index contributed by atoms with van der Waals surface area (Å²) >= 11 is 0. The zero-order chi connectivity index (χ0) is 16.8. The summed E-state index contributed by atoms with van der Waals surface area (Å²) in [5.41, 5.74) is 6.20. The second kappa shape index (κ2) is 8.04. The van der Waals surface area contributed by atoms with E-state index >= 15 is 0 Å². The fraction of sp³-hybridized carbons (Fsp3) is 0.471. The molecule has 1 fully saturated rings. The van der Waals surface area contributed by atoms with E-state index in [1.165, 1.54) is 23.5 Å². The molecule has 1 aliphatic rings. The second-order valence-corrected chi connectivity index (χ2v) is 5.85. The Balaban J connectivity index is 1.94. The summed E-state index contributed by atoms with van der Waals surface area (Å²) in [6, 6.07) is 5.21. The first-order valence-electron chi connectivity index (χ1n) is 7.74. The molecular weight excluding hydrogens is 302 g/mol. The van der Waals surface area contributed by atoms with Crippen LogP contribution in [0.4, 0.5) is 8.78 Å². The summed E-state index contributed by atoms with van der Waals surface area (Å²) in [5.74, 6) is -1.07. The molecule has 2 rings (SSSR count). The number of carbonyl (C=O) groups is 2. The van der Waals surface area contributed by atoms with Gasteiger partial charge in [0.25, 0.3) is 0 Å². The van der Waals surface area contributed by atoms with Crippen molar-refractivity contribution in [3.05, 3.63) is 42.1 Å². The number of piperidine rings is 1. The molecular formula is C17H21F2N2O2. The van der Waals surface area contributed by atoms with Crippen molar-refractivity contribution in [1.82, 2.24) is 4.90 Å². The Bertz CT molecular complexity index is 548. The van der Waals surface area contributed by atoms with Crippen LogP contribution in [0.5, 0.6) is 0 Å². The quantitative estimate of drug-likeness (QED) is 0.870. The van der Waals surface area contributed by atoms with Crippen LogP contribution in [-0.4, -0.2) is 36.0 Å². The second-order valence-electron chi connectivity index (χ2n) is 5.85. The van der Waals surface area contributed by atoms with E-state index in [9.17, 15) is 18.4 Å². The van der Waals surface area contributed by atoms with Crippen molar-refractivity contribution in [3.8, 4) is 0 Å². The molecule has 0 bridgehead atoms. The number of likely N-dealkylation sites (tertiary alicyclic amines) is 1. The topological polar surface area (TPSA) is 63.4 Å². The van der Waals surface area contributed by atoms with E-state index in [4.69, 9.17) is 5.73 Å². The molecule has 0 aliphatic carbocycles. The predicted octanol–water partition coefficient (Wildman–Crippen LogP) is 2.02. The average Bonchev–Trinajstić information content (AvgIpc) is 2.54. The Kier molecular flexibility index (Phi) is 6.07. The molecule has 2 atom stereocenters. The number of nitrogens with two attached hydrogens (primary N) is 1. The molecule has 23 heavy (non-hydrogen) atoms. The van der Waals surface area contributed by atoms with Gasteiger partial charge >= 0.3 is 0 Å². The third-order valence-corrected chi connectivity index (χ3v) is 4.27. The lowest BCUT2D eigenvalue weighted by Gasteiger charge is -2.37. The molecule has 1 radical (unpaired) electrons. The Morgan fingerprint density at radius 1 is 1.30 bits per heavy atom. The van der Waals surface area contributed by atoms with Gasteiger partial charge in [0.1, 0.15) is 11.9 Å². The Labute approximate surface area is 134 Å². The normalized spacial score (nSPS) is 21.2. The number of benzene rings is 1. The molecule has 2 amide bonds. The zero-order valence-corrected chi connectivity index (χ0v) is 12.9. The minimum absolute atomic E-state index is 0.0821. The molecule has 1 aromatic carbocycles. The van der Waals surface area contributed by atoms with Crippen molar-refractivity contribution in [2.75, 3.05) is 13.2 Å². The highest BCUT2D eigenvalue weighted by atomic mass is 19.1. The van der Waals surface area contributed by atoms with Gasteiger partial charge in [0.2, 0.25) is 11.8 Å². The van der Waals surface area contributed by atoms with Gasteiger partial charge in [-0.15, -0.1) is 0 Å². The molecule has 1 heterocycles. The maximum atomic E-state index is 12.9. The fourth-order valence-electron chi connectivity index (χ4n) is 2.93. The van der Waals surface area contributed by atoms with E-state index in [-0.39, 0.29) is 17.6 Å². The first-order valence-corrected chi connectivity index (χ1v) is 7.74. The van der Waals surface area contributed by atoms with Crippen molar-refractivity contribution < 1.29 is 18.4 Å². The molecule has 1 aliphatic heterocycles. The van der Waals surface area contributed by atoms with Gasteiger partial charge in [-0.1, -0.05) is 12.1 Å². The van der Waals surface area contributed by atoms with Crippen LogP contribution < -0.4 is 5.73 Å². The largest absolute Gasteiger partial charge is 0.368 e. The Morgan fingerprint density at radius 2 is 2.00 bits per heavy atom. The number of carbonyl (C=O) groups excluding carboxylic acids is 2. The van der Waals surface area contributed by atoms with Crippen molar-refractivity contribution in [2.45, 2.75) is 31.7 Å². The number of amides is 2. The van der Waals surface area contributed by atoms with Crippen molar-refractivity contribution >= 4 is 11.8 Å². The van der Waals surface area contributed by atoms with Gasteiger partial charge in [0.05, 0.1) is 13.1 Å². The summed E-state index contributed by atoms with van der Waals surface area (Å²) in [4.78, 5) is 25.4. The SMILES string of the molecule is NC(=O)C1CC(CCF)CCN1C(=O)[CH]Cc1ccc(F)cc1. The highest BCUT2D eigenvalue weighted by Gasteiger charge is 2.34. The van der Waals surface area contributed by atoms with Crippen LogP contribution in [-0.2, 0) is 16.0 Å². The number of primary amides is 1. The van der Waals surface area contributed by atoms with E-state index in [1.54, 1.807) is 12.1 Å². The van der Waals surface area contributed by atoms with Gasteiger partial charge in [-0.05, 0) is 49.3 Å². The highest BCUT2D eigenvalue weighted by Crippen LogP contribution is 2.26. The van der Waals surface area contributed by atoms with Crippen molar-refractivity contribution in [3.63, 3.8) is 0 Å². The highest BCUT2D eigenvalue weighted by molar-refractivity contribution is 5.91. The number of alkyl halides is 1. The van der Waals surface area contributed by atoms with Crippen molar-refractivity contribution in [1.29, 1.82) is 0 Å². The lowest BCUT2D eigenvalue weighted by molar-refractivity contribution is -0.139.